The number of aliphatic hydroxyl groups is 1. The van der Waals surface area contributed by atoms with E-state index in [-0.39, 0.29) is 11.7 Å². The van der Waals surface area contributed by atoms with Gasteiger partial charge in [0.25, 0.3) is 0 Å². The highest BCUT2D eigenvalue weighted by Gasteiger charge is 2.21. The highest BCUT2D eigenvalue weighted by Crippen LogP contribution is 2.38. The third-order valence-electron chi connectivity index (χ3n) is 2.96. The lowest BCUT2D eigenvalue weighted by Crippen LogP contribution is -2.09. The summed E-state index contributed by atoms with van der Waals surface area (Å²) in [4.78, 5) is 10.3. The Morgan fingerprint density at radius 3 is 2.65 bits per heavy atom. The monoisotopic (exact) mass is 406 g/mol. The molecule has 0 saturated heterocycles. The number of allylic oxidation sites excluding steroid dienone is 1. The van der Waals surface area contributed by atoms with Crippen molar-refractivity contribution in [1.82, 2.24) is 0 Å². The third kappa shape index (κ3) is 4.92. The van der Waals surface area contributed by atoms with Gasteiger partial charge in [0.05, 0.1) is 10.6 Å². The van der Waals surface area contributed by atoms with Crippen LogP contribution in [0.3, 0.4) is 0 Å². The van der Waals surface area contributed by atoms with Crippen LogP contribution in [0.2, 0.25) is 0 Å². The largest absolute Gasteiger partial charge is 0.506 e. The van der Waals surface area contributed by atoms with E-state index in [1.54, 1.807) is 18.2 Å². The Morgan fingerprint density at radius 1 is 1.40 bits per heavy atom. The number of hydrogen-bond acceptors (Lipinski definition) is 3. The minimum absolute atomic E-state index is 0.0219. The average Bonchev–Trinajstić information content (AvgIpc) is 2.37. The molecule has 0 aliphatic carbocycles. The molecule has 0 fully saturated rings. The van der Waals surface area contributed by atoms with Crippen LogP contribution >= 0.6 is 31.9 Å². The molecule has 0 spiro atoms. The molecular formula is C14H16Br2O4. The molecule has 6 heteroatoms. The van der Waals surface area contributed by atoms with E-state index in [1.807, 2.05) is 6.92 Å². The fourth-order valence-corrected chi connectivity index (χ4v) is 3.08. The zero-order chi connectivity index (χ0) is 15.3. The van der Waals surface area contributed by atoms with E-state index in [0.717, 1.165) is 10.5 Å². The van der Waals surface area contributed by atoms with E-state index < -0.39 is 12.1 Å². The lowest BCUT2D eigenvalue weighted by atomic mass is 9.93. The number of benzene rings is 1. The third-order valence-corrected chi connectivity index (χ3v) is 4.03. The topological polar surface area (TPSA) is 77.8 Å². The SMILES string of the molecule is C[C@@H](CC/C=C/C(=O)O)[C@H](O)c1cc(Br)cc(Br)c1O. The summed E-state index contributed by atoms with van der Waals surface area (Å²) in [5, 5.41) is 28.7. The Hall–Kier alpha value is -0.850. The molecule has 0 bridgehead atoms. The van der Waals surface area contributed by atoms with Crippen LogP contribution in [0.1, 0.15) is 31.4 Å². The molecule has 0 saturated carbocycles. The predicted molar refractivity (Wildman–Crippen MR) is 83.6 cm³/mol. The summed E-state index contributed by atoms with van der Waals surface area (Å²) in [6.45, 7) is 1.85. The lowest BCUT2D eigenvalue weighted by Gasteiger charge is -2.20. The lowest BCUT2D eigenvalue weighted by molar-refractivity contribution is -0.131. The second kappa shape index (κ2) is 7.81. The van der Waals surface area contributed by atoms with Gasteiger partial charge in [-0.3, -0.25) is 0 Å². The van der Waals surface area contributed by atoms with Gasteiger partial charge in [0.2, 0.25) is 0 Å². The normalized spacial score (nSPS) is 14.4. The summed E-state index contributed by atoms with van der Waals surface area (Å²) < 4.78 is 1.27. The van der Waals surface area contributed by atoms with Gasteiger partial charge in [0.15, 0.2) is 0 Å². The van der Waals surface area contributed by atoms with E-state index in [0.29, 0.717) is 22.9 Å². The van der Waals surface area contributed by atoms with Crippen molar-refractivity contribution in [3.05, 3.63) is 38.8 Å². The van der Waals surface area contributed by atoms with E-state index in [9.17, 15) is 15.0 Å². The number of carboxylic acid groups (broad SMARTS) is 1. The van der Waals surface area contributed by atoms with Gasteiger partial charge < -0.3 is 15.3 Å². The molecule has 1 rings (SSSR count). The summed E-state index contributed by atoms with van der Waals surface area (Å²) in [5.74, 6) is -1.07. The van der Waals surface area contributed by atoms with Gasteiger partial charge >= 0.3 is 5.97 Å². The number of phenolic OH excluding ortho intramolecular Hbond substituents is 1. The maximum atomic E-state index is 10.3. The van der Waals surface area contributed by atoms with Crippen LogP contribution < -0.4 is 0 Å². The summed E-state index contributed by atoms with van der Waals surface area (Å²) in [5.41, 5.74) is 0.445. The standard InChI is InChI=1S/C14H16Br2O4/c1-8(4-2-3-5-12(17)18)13(19)10-6-9(15)7-11(16)14(10)20/h3,5-8,13,19-20H,2,4H2,1H3,(H,17,18)/b5-3+/t8-,13-/m0/s1. The maximum absolute atomic E-state index is 10.3. The molecule has 0 radical (unpaired) electrons. The first-order valence-electron chi connectivity index (χ1n) is 6.08. The zero-order valence-corrected chi connectivity index (χ0v) is 14.1. The maximum Gasteiger partial charge on any atom is 0.327 e. The van der Waals surface area contributed by atoms with Gasteiger partial charge in [-0.25, -0.2) is 4.79 Å². The van der Waals surface area contributed by atoms with Gasteiger partial charge in [0, 0.05) is 16.1 Å². The van der Waals surface area contributed by atoms with Gasteiger partial charge in [-0.05, 0) is 46.8 Å². The Balaban J connectivity index is 2.74. The van der Waals surface area contributed by atoms with E-state index in [1.165, 1.54) is 0 Å². The summed E-state index contributed by atoms with van der Waals surface area (Å²) in [6.07, 6.45) is 3.01. The summed E-state index contributed by atoms with van der Waals surface area (Å²) in [7, 11) is 0. The second-order valence-electron chi connectivity index (χ2n) is 4.57. The number of hydrogen-bond donors (Lipinski definition) is 3. The molecule has 4 nitrogen and oxygen atoms in total. The molecule has 1 aromatic rings. The smallest absolute Gasteiger partial charge is 0.327 e. The van der Waals surface area contributed by atoms with Crippen LogP contribution in [-0.4, -0.2) is 21.3 Å². The number of aromatic hydroxyl groups is 1. The molecule has 0 aromatic heterocycles. The van der Waals surface area contributed by atoms with Crippen molar-refractivity contribution in [1.29, 1.82) is 0 Å². The van der Waals surface area contributed by atoms with Crippen molar-refractivity contribution in [3.63, 3.8) is 0 Å². The molecule has 3 N–H and O–H groups in total. The molecule has 20 heavy (non-hydrogen) atoms. The van der Waals surface area contributed by atoms with Crippen molar-refractivity contribution in [2.75, 3.05) is 0 Å². The van der Waals surface area contributed by atoms with Gasteiger partial charge in [-0.2, -0.15) is 0 Å². The first-order valence-corrected chi connectivity index (χ1v) is 7.67. The van der Waals surface area contributed by atoms with Gasteiger partial charge in [0.1, 0.15) is 5.75 Å². The Bertz CT molecular complexity index is 514. The van der Waals surface area contributed by atoms with Crippen LogP contribution in [-0.2, 0) is 4.79 Å². The van der Waals surface area contributed by atoms with E-state index in [2.05, 4.69) is 31.9 Å². The molecule has 0 amide bonds. The van der Waals surface area contributed by atoms with Crippen LogP contribution in [0.5, 0.6) is 5.75 Å². The van der Waals surface area contributed by atoms with Crippen LogP contribution in [0.15, 0.2) is 33.2 Å². The fourth-order valence-electron chi connectivity index (χ4n) is 1.82. The van der Waals surface area contributed by atoms with Crippen molar-refractivity contribution < 1.29 is 20.1 Å². The number of carboxylic acids is 1. The van der Waals surface area contributed by atoms with Crippen molar-refractivity contribution in [2.24, 2.45) is 5.92 Å². The second-order valence-corrected chi connectivity index (χ2v) is 6.34. The number of halogens is 2. The van der Waals surface area contributed by atoms with Crippen molar-refractivity contribution >= 4 is 37.8 Å². The molecule has 1 aromatic carbocycles. The minimum Gasteiger partial charge on any atom is -0.506 e. The van der Waals surface area contributed by atoms with E-state index in [4.69, 9.17) is 5.11 Å². The number of aliphatic hydroxyl groups excluding tert-OH is 1. The highest BCUT2D eigenvalue weighted by atomic mass is 79.9. The summed E-state index contributed by atoms with van der Waals surface area (Å²) in [6, 6.07) is 3.38. The Kier molecular flexibility index (Phi) is 6.71. The van der Waals surface area contributed by atoms with Crippen molar-refractivity contribution in [3.8, 4) is 5.75 Å². The van der Waals surface area contributed by atoms with Crippen LogP contribution in [0.4, 0.5) is 0 Å². The molecular weight excluding hydrogens is 392 g/mol. The Labute approximate surface area is 134 Å². The quantitative estimate of drug-likeness (QED) is 0.622. The number of carbonyl (C=O) groups is 1. The van der Waals surface area contributed by atoms with Crippen LogP contribution in [0.25, 0.3) is 0 Å². The van der Waals surface area contributed by atoms with Gasteiger partial charge in [-0.1, -0.05) is 28.9 Å². The average molecular weight is 408 g/mol. The predicted octanol–water partition coefficient (Wildman–Crippen LogP) is 4.01. The first-order chi connectivity index (χ1) is 9.32. The molecule has 0 heterocycles. The fraction of sp³-hybridized carbons (Fsp3) is 0.357. The van der Waals surface area contributed by atoms with Crippen LogP contribution in [0, 0.1) is 5.92 Å². The molecule has 110 valence electrons. The zero-order valence-electron chi connectivity index (χ0n) is 10.9. The van der Waals surface area contributed by atoms with Gasteiger partial charge in [-0.15, -0.1) is 0 Å². The van der Waals surface area contributed by atoms with E-state index >= 15 is 0 Å². The molecule has 2 atom stereocenters. The molecule has 0 aliphatic rings. The molecule has 0 aliphatic heterocycles. The Morgan fingerprint density at radius 2 is 2.05 bits per heavy atom. The number of phenols is 1. The molecule has 0 unspecified atom stereocenters. The number of aliphatic carboxylic acids is 1. The highest BCUT2D eigenvalue weighted by molar-refractivity contribution is 9.11. The minimum atomic E-state index is -0.980. The van der Waals surface area contributed by atoms with Crippen molar-refractivity contribution in [2.45, 2.75) is 25.9 Å². The number of rotatable bonds is 6. The first kappa shape index (κ1) is 17.2. The summed E-state index contributed by atoms with van der Waals surface area (Å²) >= 11 is 6.54.